The summed E-state index contributed by atoms with van der Waals surface area (Å²) in [4.78, 5) is 2.68. The number of hydrogen-bond donors (Lipinski definition) is 1. The molecule has 0 bridgehead atoms. The summed E-state index contributed by atoms with van der Waals surface area (Å²) < 4.78 is 2.17. The van der Waals surface area contributed by atoms with Gasteiger partial charge in [0, 0.05) is 37.4 Å². The van der Waals surface area contributed by atoms with Crippen LogP contribution in [-0.2, 0) is 6.54 Å². The van der Waals surface area contributed by atoms with E-state index < -0.39 is 0 Å². The molecule has 1 atom stereocenters. The summed E-state index contributed by atoms with van der Waals surface area (Å²) in [6.07, 6.45) is 5.86. The Morgan fingerprint density at radius 1 is 1.40 bits per heavy atom. The molecule has 4 nitrogen and oxygen atoms in total. The van der Waals surface area contributed by atoms with E-state index >= 15 is 0 Å². The molecule has 0 radical (unpaired) electrons. The maximum absolute atomic E-state index is 4.42. The third kappa shape index (κ3) is 2.91. The van der Waals surface area contributed by atoms with Crippen LogP contribution in [-0.4, -0.2) is 47.4 Å². The summed E-state index contributed by atoms with van der Waals surface area (Å²) in [5.74, 6) is 0.711. The predicted octanol–water partition coefficient (Wildman–Crippen LogP) is 2.08. The van der Waals surface area contributed by atoms with E-state index in [2.05, 4.69) is 39.9 Å². The van der Waals surface area contributed by atoms with Gasteiger partial charge in [-0.2, -0.15) is 5.10 Å². The minimum Gasteiger partial charge on any atom is -0.316 e. The number of rotatable bonds is 4. The van der Waals surface area contributed by atoms with Gasteiger partial charge in [-0.3, -0.25) is 4.68 Å². The minimum atomic E-state index is 0.498. The normalized spacial score (nSPS) is 29.1. The van der Waals surface area contributed by atoms with Crippen molar-refractivity contribution in [3.8, 4) is 0 Å². The Kier molecular flexibility index (Phi) is 4.13. The van der Waals surface area contributed by atoms with E-state index in [1.165, 1.54) is 57.7 Å². The summed E-state index contributed by atoms with van der Waals surface area (Å²) in [6.45, 7) is 11.7. The maximum Gasteiger partial charge on any atom is 0.0492 e. The lowest BCUT2D eigenvalue weighted by Crippen LogP contribution is -2.41. The summed E-state index contributed by atoms with van der Waals surface area (Å²) in [5.41, 5.74) is 1.94. The fourth-order valence-corrected chi connectivity index (χ4v) is 3.88. The summed E-state index contributed by atoms with van der Waals surface area (Å²) in [6, 6.07) is 2.21. The van der Waals surface area contributed by atoms with Crippen LogP contribution >= 0.6 is 0 Å². The SMILES string of the molecule is CCn1nccc1C1CCN(CC2(C)CCNC2)CC1. The number of nitrogens with one attached hydrogen (secondary N) is 1. The van der Waals surface area contributed by atoms with Crippen molar-refractivity contribution >= 4 is 0 Å². The smallest absolute Gasteiger partial charge is 0.0492 e. The van der Waals surface area contributed by atoms with Gasteiger partial charge in [0.05, 0.1) is 0 Å². The Labute approximate surface area is 122 Å². The summed E-state index contributed by atoms with van der Waals surface area (Å²) in [5, 5.41) is 7.93. The highest BCUT2D eigenvalue weighted by Crippen LogP contribution is 2.31. The molecule has 2 fully saturated rings. The molecule has 2 saturated heterocycles. The van der Waals surface area contributed by atoms with Gasteiger partial charge in [0.15, 0.2) is 0 Å². The molecular weight excluding hydrogens is 248 g/mol. The van der Waals surface area contributed by atoms with Crippen LogP contribution in [0.5, 0.6) is 0 Å². The predicted molar refractivity (Wildman–Crippen MR) is 81.9 cm³/mol. The second-order valence-corrected chi connectivity index (χ2v) is 6.86. The first-order valence-electron chi connectivity index (χ1n) is 8.15. The molecule has 0 spiro atoms. The molecule has 2 aliphatic rings. The quantitative estimate of drug-likeness (QED) is 0.914. The van der Waals surface area contributed by atoms with Crippen molar-refractivity contribution in [1.82, 2.24) is 20.0 Å². The molecule has 3 rings (SSSR count). The van der Waals surface area contributed by atoms with Crippen molar-refractivity contribution < 1.29 is 0 Å². The van der Waals surface area contributed by atoms with Crippen LogP contribution < -0.4 is 5.32 Å². The number of aryl methyl sites for hydroxylation is 1. The zero-order valence-electron chi connectivity index (χ0n) is 12.9. The molecule has 0 aromatic carbocycles. The van der Waals surface area contributed by atoms with E-state index in [0.717, 1.165) is 6.54 Å². The molecule has 1 aromatic rings. The highest BCUT2D eigenvalue weighted by atomic mass is 15.3. The Morgan fingerprint density at radius 3 is 2.85 bits per heavy atom. The van der Waals surface area contributed by atoms with Crippen molar-refractivity contribution in [2.75, 3.05) is 32.7 Å². The van der Waals surface area contributed by atoms with Gasteiger partial charge < -0.3 is 10.2 Å². The molecular formula is C16H28N4. The first kappa shape index (κ1) is 14.1. The molecule has 1 aromatic heterocycles. The standard InChI is InChI=1S/C16H28N4/c1-3-20-15(4-8-18-20)14-5-10-19(11-6-14)13-16(2)7-9-17-12-16/h4,8,14,17H,3,5-7,9-13H2,1-2H3. The molecule has 112 valence electrons. The third-order valence-corrected chi connectivity index (χ3v) is 5.12. The first-order chi connectivity index (χ1) is 9.70. The zero-order valence-corrected chi connectivity index (χ0v) is 12.9. The summed E-state index contributed by atoms with van der Waals surface area (Å²) in [7, 11) is 0. The lowest BCUT2D eigenvalue weighted by Gasteiger charge is -2.37. The lowest BCUT2D eigenvalue weighted by molar-refractivity contribution is 0.142. The Morgan fingerprint density at radius 2 is 2.20 bits per heavy atom. The van der Waals surface area contributed by atoms with Crippen LogP contribution in [0.4, 0.5) is 0 Å². The first-order valence-corrected chi connectivity index (χ1v) is 8.15. The van der Waals surface area contributed by atoms with Crippen molar-refractivity contribution in [1.29, 1.82) is 0 Å². The topological polar surface area (TPSA) is 33.1 Å². The van der Waals surface area contributed by atoms with Crippen LogP contribution in [0.3, 0.4) is 0 Å². The molecule has 4 heteroatoms. The van der Waals surface area contributed by atoms with E-state index in [9.17, 15) is 0 Å². The second kappa shape index (κ2) is 5.86. The van der Waals surface area contributed by atoms with Gasteiger partial charge >= 0.3 is 0 Å². The molecule has 0 amide bonds. The fourth-order valence-electron chi connectivity index (χ4n) is 3.88. The van der Waals surface area contributed by atoms with Crippen LogP contribution in [0, 0.1) is 5.41 Å². The molecule has 20 heavy (non-hydrogen) atoms. The zero-order chi connectivity index (χ0) is 14.0. The molecule has 0 aliphatic carbocycles. The van der Waals surface area contributed by atoms with E-state index in [1.54, 1.807) is 0 Å². The number of piperidine rings is 1. The average Bonchev–Trinajstić information content (AvgIpc) is 3.08. The van der Waals surface area contributed by atoms with Gasteiger partial charge in [0.25, 0.3) is 0 Å². The van der Waals surface area contributed by atoms with E-state index in [0.29, 0.717) is 11.3 Å². The molecule has 1 unspecified atom stereocenters. The van der Waals surface area contributed by atoms with Crippen molar-refractivity contribution in [3.63, 3.8) is 0 Å². The van der Waals surface area contributed by atoms with Gasteiger partial charge in [-0.05, 0) is 57.3 Å². The highest BCUT2D eigenvalue weighted by molar-refractivity contribution is 5.09. The van der Waals surface area contributed by atoms with Crippen molar-refractivity contribution in [3.05, 3.63) is 18.0 Å². The fraction of sp³-hybridized carbons (Fsp3) is 0.812. The Bertz CT molecular complexity index is 425. The minimum absolute atomic E-state index is 0.498. The Balaban J connectivity index is 1.54. The van der Waals surface area contributed by atoms with E-state index in [1.807, 2.05) is 6.20 Å². The number of hydrogen-bond acceptors (Lipinski definition) is 3. The van der Waals surface area contributed by atoms with Crippen LogP contribution in [0.1, 0.15) is 44.7 Å². The number of likely N-dealkylation sites (tertiary alicyclic amines) is 1. The van der Waals surface area contributed by atoms with Crippen LogP contribution in [0.15, 0.2) is 12.3 Å². The van der Waals surface area contributed by atoms with Gasteiger partial charge in [-0.15, -0.1) is 0 Å². The van der Waals surface area contributed by atoms with E-state index in [-0.39, 0.29) is 0 Å². The average molecular weight is 276 g/mol. The number of nitrogens with zero attached hydrogens (tertiary/aromatic N) is 3. The van der Waals surface area contributed by atoms with Crippen LogP contribution in [0.2, 0.25) is 0 Å². The third-order valence-electron chi connectivity index (χ3n) is 5.12. The Hall–Kier alpha value is -0.870. The molecule has 3 heterocycles. The largest absolute Gasteiger partial charge is 0.316 e. The molecule has 2 aliphatic heterocycles. The van der Waals surface area contributed by atoms with E-state index in [4.69, 9.17) is 0 Å². The second-order valence-electron chi connectivity index (χ2n) is 6.86. The van der Waals surface area contributed by atoms with Crippen molar-refractivity contribution in [2.24, 2.45) is 5.41 Å². The van der Waals surface area contributed by atoms with Gasteiger partial charge in [-0.25, -0.2) is 0 Å². The lowest BCUT2D eigenvalue weighted by atomic mass is 9.87. The monoisotopic (exact) mass is 276 g/mol. The maximum atomic E-state index is 4.42. The molecule has 1 N–H and O–H groups in total. The van der Waals surface area contributed by atoms with Crippen molar-refractivity contribution in [2.45, 2.75) is 45.6 Å². The van der Waals surface area contributed by atoms with Gasteiger partial charge in [0.2, 0.25) is 0 Å². The molecule has 0 saturated carbocycles. The van der Waals surface area contributed by atoms with Gasteiger partial charge in [-0.1, -0.05) is 6.92 Å². The van der Waals surface area contributed by atoms with Crippen LogP contribution in [0.25, 0.3) is 0 Å². The van der Waals surface area contributed by atoms with Gasteiger partial charge in [0.1, 0.15) is 0 Å². The summed E-state index contributed by atoms with van der Waals surface area (Å²) >= 11 is 0. The highest BCUT2D eigenvalue weighted by Gasteiger charge is 2.32. The number of aromatic nitrogens is 2.